The first kappa shape index (κ1) is 49.2. The van der Waals surface area contributed by atoms with Crippen LogP contribution in [0.3, 0.4) is 0 Å². The molecular weight excluding hydrogens is 688 g/mol. The summed E-state index contributed by atoms with van der Waals surface area (Å²) in [5.74, 6) is -2.03. The Morgan fingerprint density at radius 2 is 1.51 bits per heavy atom. The molecule has 0 fully saturated rings. The molecule has 1 aromatic heterocycles. The Bertz CT molecular complexity index is 1290. The summed E-state index contributed by atoms with van der Waals surface area (Å²) in [6.07, 6.45) is 16.0. The molecular formula is C38H64N4O11. The van der Waals surface area contributed by atoms with Crippen LogP contribution in [0.5, 0.6) is 0 Å². The Hall–Kier alpha value is -3.76. The van der Waals surface area contributed by atoms with E-state index in [9.17, 15) is 34.5 Å². The average molecular weight is 753 g/mol. The third-order valence-electron chi connectivity index (χ3n) is 8.00. The fraction of sp³-hybridized carbons (Fsp3) is 0.684. The van der Waals surface area contributed by atoms with Crippen LogP contribution in [0.25, 0.3) is 0 Å². The molecule has 15 heteroatoms. The molecule has 53 heavy (non-hydrogen) atoms. The molecule has 15 nitrogen and oxygen atoms in total. The van der Waals surface area contributed by atoms with Gasteiger partial charge in [-0.15, -0.1) is 0 Å². The molecule has 0 radical (unpaired) electrons. The van der Waals surface area contributed by atoms with Gasteiger partial charge in [-0.05, 0) is 45.3 Å². The van der Waals surface area contributed by atoms with E-state index in [1.807, 2.05) is 6.92 Å². The highest BCUT2D eigenvalue weighted by Gasteiger charge is 2.39. The molecule has 0 saturated carbocycles. The number of rotatable bonds is 24. The van der Waals surface area contributed by atoms with Crippen molar-refractivity contribution in [3.63, 3.8) is 0 Å². The molecule has 1 rings (SSSR count). The van der Waals surface area contributed by atoms with E-state index in [-0.39, 0.29) is 18.4 Å². The lowest BCUT2D eigenvalue weighted by Gasteiger charge is -2.32. The van der Waals surface area contributed by atoms with Gasteiger partial charge < -0.3 is 44.9 Å². The van der Waals surface area contributed by atoms with Gasteiger partial charge in [-0.2, -0.15) is 0 Å². The molecule has 0 aliphatic heterocycles. The molecule has 4 atom stereocenters. The number of hydrogen-bond acceptors (Lipinski definition) is 13. The van der Waals surface area contributed by atoms with E-state index in [1.54, 1.807) is 26.2 Å². The number of methoxy groups -OCH3 is 2. The highest BCUT2D eigenvalue weighted by atomic mass is 16.5. The molecule has 5 N–H and O–H groups in total. The van der Waals surface area contributed by atoms with Gasteiger partial charge in [-0.3, -0.25) is 9.59 Å². The molecule has 0 aromatic carbocycles. The molecule has 0 saturated heterocycles. The van der Waals surface area contributed by atoms with Crippen molar-refractivity contribution in [1.82, 2.24) is 20.6 Å². The number of aliphatic hydroxyl groups is 3. The third kappa shape index (κ3) is 20.9. The van der Waals surface area contributed by atoms with Crippen LogP contribution in [-0.4, -0.2) is 119 Å². The van der Waals surface area contributed by atoms with Crippen molar-refractivity contribution in [2.45, 2.75) is 116 Å². The number of esters is 2. The smallest absolute Gasteiger partial charge is 0.335 e. The number of unbranched alkanes of at least 4 members (excludes halogenated alkanes) is 4. The van der Waals surface area contributed by atoms with Crippen molar-refractivity contribution in [3.05, 3.63) is 48.6 Å². The lowest BCUT2D eigenvalue weighted by molar-refractivity contribution is -0.149. The Labute approximate surface area is 314 Å². The summed E-state index contributed by atoms with van der Waals surface area (Å²) in [5, 5.41) is 35.8. The molecule has 1 heterocycles. The fourth-order valence-electron chi connectivity index (χ4n) is 4.79. The largest absolute Gasteiger partial charge is 0.467 e. The Kier molecular flexibility index (Phi) is 23.5. The van der Waals surface area contributed by atoms with E-state index in [0.717, 1.165) is 37.7 Å². The summed E-state index contributed by atoms with van der Waals surface area (Å²) < 4.78 is 19.8. The number of carbonyl (C=O) groups excluding carboxylic acids is 4. The monoisotopic (exact) mass is 752 g/mol. The maximum atomic E-state index is 13.1. The topological polar surface area (TPSA) is 216 Å². The lowest BCUT2D eigenvalue weighted by Crippen LogP contribution is -2.55. The predicted octanol–water partition coefficient (Wildman–Crippen LogP) is 2.76. The van der Waals surface area contributed by atoms with Crippen molar-refractivity contribution in [2.24, 2.45) is 5.41 Å². The van der Waals surface area contributed by atoms with Gasteiger partial charge in [-0.25, -0.2) is 19.6 Å². The zero-order valence-corrected chi connectivity index (χ0v) is 33.1. The van der Waals surface area contributed by atoms with Crippen LogP contribution in [0.4, 0.5) is 0 Å². The standard InChI is InChI=1S/C24H39N3O5.C14H25NO6/c1-6-7-8-9-10-11-24(31,17-28)13-12-23(4,21(30)32-5)27-20(29)22(2,3)14-19-15-25-18-26-16-19;1-5-20-8-9-21-10-14(3,18)7-6-12(13(17)19-4)15-11(2)16/h12-13,15-16,18,28,31H,6-11,14,17H2,1-5H3,(H,27,29);6-7,12,18H,5,8-10H2,1-4H3,(H,15,16)/b13-12+;7-6+/t23-,24?;12-,14?/m00/s1. The van der Waals surface area contributed by atoms with Crippen LogP contribution in [0.1, 0.15) is 92.6 Å². The number of nitrogens with zero attached hydrogens (tertiary/aromatic N) is 2. The van der Waals surface area contributed by atoms with Gasteiger partial charge in [0, 0.05) is 31.3 Å². The van der Waals surface area contributed by atoms with Crippen LogP contribution < -0.4 is 10.6 Å². The minimum atomic E-state index is -1.51. The number of aromatic nitrogens is 2. The Morgan fingerprint density at radius 1 is 0.887 bits per heavy atom. The summed E-state index contributed by atoms with van der Waals surface area (Å²) in [5.41, 5.74) is -4.33. The molecule has 0 bridgehead atoms. The molecule has 0 aliphatic rings. The number of ether oxygens (including phenoxy) is 4. The average Bonchev–Trinajstić information content (AvgIpc) is 3.12. The van der Waals surface area contributed by atoms with Crippen molar-refractivity contribution in [3.8, 4) is 0 Å². The first-order valence-electron chi connectivity index (χ1n) is 17.9. The summed E-state index contributed by atoms with van der Waals surface area (Å²) in [4.78, 5) is 56.0. The maximum Gasteiger partial charge on any atom is 0.335 e. The van der Waals surface area contributed by atoms with Gasteiger partial charge >= 0.3 is 11.9 Å². The zero-order valence-electron chi connectivity index (χ0n) is 33.1. The van der Waals surface area contributed by atoms with Gasteiger partial charge in [0.05, 0.1) is 40.6 Å². The SMILES string of the molecule is CCCCCCCC(O)(/C=C/[C@](C)(NC(=O)C(C)(C)Cc1cncnc1)C(=O)OC)CO.CCOCCOCC(C)(O)/C=C/[C@H](NC(C)=O)C(=O)OC. The summed E-state index contributed by atoms with van der Waals surface area (Å²) in [6, 6.07) is -0.942. The van der Waals surface area contributed by atoms with Gasteiger partial charge in [0.1, 0.15) is 23.6 Å². The van der Waals surface area contributed by atoms with E-state index in [0.29, 0.717) is 32.7 Å². The third-order valence-corrected chi connectivity index (χ3v) is 8.00. The van der Waals surface area contributed by atoms with E-state index in [4.69, 9.17) is 14.2 Å². The summed E-state index contributed by atoms with van der Waals surface area (Å²) in [7, 11) is 2.46. The van der Waals surface area contributed by atoms with E-state index in [2.05, 4.69) is 32.3 Å². The minimum absolute atomic E-state index is 0.0462. The second-order valence-corrected chi connectivity index (χ2v) is 13.9. The summed E-state index contributed by atoms with van der Waals surface area (Å²) >= 11 is 0. The number of nitrogens with one attached hydrogen (secondary N) is 2. The normalized spacial score (nSPS) is 15.6. The predicted molar refractivity (Wildman–Crippen MR) is 199 cm³/mol. The lowest BCUT2D eigenvalue weighted by atomic mass is 9.84. The highest BCUT2D eigenvalue weighted by molar-refractivity contribution is 5.91. The van der Waals surface area contributed by atoms with Crippen LogP contribution in [0, 0.1) is 5.41 Å². The zero-order chi connectivity index (χ0) is 40.6. The number of aliphatic hydroxyl groups excluding tert-OH is 1. The summed E-state index contributed by atoms with van der Waals surface area (Å²) in [6.45, 7) is 12.9. The Balaban J connectivity index is 0.00000112. The van der Waals surface area contributed by atoms with Crippen molar-refractivity contribution in [2.75, 3.05) is 47.3 Å². The van der Waals surface area contributed by atoms with Crippen LogP contribution in [0.15, 0.2) is 43.0 Å². The first-order chi connectivity index (χ1) is 24.8. The Morgan fingerprint density at radius 3 is 2.06 bits per heavy atom. The van der Waals surface area contributed by atoms with E-state index in [1.165, 1.54) is 65.6 Å². The van der Waals surface area contributed by atoms with Crippen LogP contribution >= 0.6 is 0 Å². The second-order valence-electron chi connectivity index (χ2n) is 13.9. The first-order valence-corrected chi connectivity index (χ1v) is 17.9. The molecule has 1 aromatic rings. The minimum Gasteiger partial charge on any atom is -0.467 e. The highest BCUT2D eigenvalue weighted by Crippen LogP contribution is 2.25. The van der Waals surface area contributed by atoms with Crippen molar-refractivity contribution < 1.29 is 53.4 Å². The molecule has 2 amide bonds. The van der Waals surface area contributed by atoms with Gasteiger partial charge in [0.2, 0.25) is 11.8 Å². The van der Waals surface area contributed by atoms with Crippen molar-refractivity contribution >= 4 is 23.8 Å². The second kappa shape index (κ2) is 25.3. The van der Waals surface area contributed by atoms with Gasteiger partial charge in [0.15, 0.2) is 5.54 Å². The number of amides is 2. The van der Waals surface area contributed by atoms with Crippen LogP contribution in [0.2, 0.25) is 0 Å². The molecule has 302 valence electrons. The van der Waals surface area contributed by atoms with E-state index >= 15 is 0 Å². The fourth-order valence-corrected chi connectivity index (χ4v) is 4.79. The van der Waals surface area contributed by atoms with E-state index < -0.39 is 46.7 Å². The van der Waals surface area contributed by atoms with Crippen molar-refractivity contribution in [1.29, 1.82) is 0 Å². The quantitative estimate of drug-likeness (QED) is 0.0584. The van der Waals surface area contributed by atoms with Gasteiger partial charge in [-0.1, -0.05) is 71.1 Å². The van der Waals surface area contributed by atoms with Gasteiger partial charge in [0.25, 0.3) is 0 Å². The number of carbonyl (C=O) groups is 4. The molecule has 0 aliphatic carbocycles. The molecule has 0 spiro atoms. The number of hydrogen-bond donors (Lipinski definition) is 5. The molecule has 2 unspecified atom stereocenters. The maximum absolute atomic E-state index is 13.1. The van der Waals surface area contributed by atoms with Crippen LogP contribution in [-0.2, 0) is 44.5 Å².